The van der Waals surface area contributed by atoms with Crippen LogP contribution in [0.5, 0.6) is 0 Å². The van der Waals surface area contributed by atoms with Crippen molar-refractivity contribution in [2.24, 2.45) is 5.92 Å². The van der Waals surface area contributed by atoms with Crippen LogP contribution < -0.4 is 10.4 Å². The van der Waals surface area contributed by atoms with Gasteiger partial charge in [0.25, 0.3) is 5.69 Å². The summed E-state index contributed by atoms with van der Waals surface area (Å²) in [6.45, 7) is 0. The Bertz CT molecular complexity index is 939. The number of benzene rings is 2. The van der Waals surface area contributed by atoms with Crippen LogP contribution in [-0.2, 0) is 0 Å². The lowest BCUT2D eigenvalue weighted by molar-refractivity contribution is -0.385. The molecule has 0 amide bonds. The van der Waals surface area contributed by atoms with Crippen molar-refractivity contribution in [1.29, 1.82) is 0 Å². The van der Waals surface area contributed by atoms with E-state index in [0.717, 1.165) is 16.5 Å². The highest BCUT2D eigenvalue weighted by molar-refractivity contribution is 9.10. The lowest BCUT2D eigenvalue weighted by Gasteiger charge is -2.38. The number of fused-ring (bicyclic) bond motifs is 3. The van der Waals surface area contributed by atoms with E-state index in [-0.39, 0.29) is 29.1 Å². The number of allylic oxidation sites excluding steroid dienone is 2. The van der Waals surface area contributed by atoms with Gasteiger partial charge in [-0.15, -0.1) is 0 Å². The molecular formula is C19H14BrN2O4-. The molecule has 7 heteroatoms. The van der Waals surface area contributed by atoms with Crippen molar-refractivity contribution >= 4 is 33.3 Å². The number of nitro benzene ring substituents is 1. The van der Waals surface area contributed by atoms with E-state index in [4.69, 9.17) is 0 Å². The standard InChI is InChI=1S/C19H15BrN2O4/c20-11-6-4-10(5-7-11)17-13-3-1-2-12(13)16-15(22(25)26)9-8-14(19(23)24)18(16)21-17/h1-2,4-9,12-13,17,21H,3H2,(H,23,24)/p-1/t12-,13-,17-/m0/s1. The lowest BCUT2D eigenvalue weighted by Crippen LogP contribution is -2.33. The SMILES string of the molecule is O=C([O-])c1ccc([N+](=O)[O-])c2c1N[C@@H](c1ccc(Br)cc1)[C@H]1CC=C[C@H]21. The fraction of sp³-hybridized carbons (Fsp3) is 0.211. The number of hydrogen-bond acceptors (Lipinski definition) is 5. The molecule has 3 atom stereocenters. The molecular weight excluding hydrogens is 400 g/mol. The Morgan fingerprint density at radius 3 is 2.58 bits per heavy atom. The molecule has 4 rings (SSSR count). The lowest BCUT2D eigenvalue weighted by atomic mass is 9.75. The number of rotatable bonds is 3. The predicted molar refractivity (Wildman–Crippen MR) is 97.9 cm³/mol. The van der Waals surface area contributed by atoms with E-state index in [0.29, 0.717) is 11.3 Å². The normalized spacial score (nSPS) is 23.0. The van der Waals surface area contributed by atoms with Crippen LogP contribution in [0.25, 0.3) is 0 Å². The van der Waals surface area contributed by atoms with Crippen molar-refractivity contribution in [2.75, 3.05) is 5.32 Å². The zero-order chi connectivity index (χ0) is 18.4. The first-order valence-corrected chi connectivity index (χ1v) is 8.98. The Morgan fingerprint density at radius 1 is 1.19 bits per heavy atom. The van der Waals surface area contributed by atoms with Crippen LogP contribution >= 0.6 is 15.9 Å². The Kier molecular flexibility index (Phi) is 4.03. The molecule has 1 aliphatic heterocycles. The molecule has 1 aliphatic carbocycles. The summed E-state index contributed by atoms with van der Waals surface area (Å²) in [7, 11) is 0. The third-order valence-corrected chi connectivity index (χ3v) is 5.67. The summed E-state index contributed by atoms with van der Waals surface area (Å²) in [4.78, 5) is 22.7. The van der Waals surface area contributed by atoms with Crippen LogP contribution in [0, 0.1) is 16.0 Å². The van der Waals surface area contributed by atoms with Crippen LogP contribution in [-0.4, -0.2) is 10.9 Å². The number of carboxylic acid groups (broad SMARTS) is 1. The summed E-state index contributed by atoms with van der Waals surface area (Å²) in [5.41, 5.74) is 1.62. The minimum Gasteiger partial charge on any atom is -0.545 e. The molecule has 0 saturated heterocycles. The fourth-order valence-corrected chi connectivity index (χ4v) is 4.28. The molecule has 132 valence electrons. The highest BCUT2D eigenvalue weighted by Crippen LogP contribution is 2.53. The number of carboxylic acids is 1. The van der Waals surface area contributed by atoms with E-state index >= 15 is 0 Å². The minimum absolute atomic E-state index is 0.0496. The number of nitrogens with one attached hydrogen (secondary N) is 1. The van der Waals surface area contributed by atoms with Gasteiger partial charge in [-0.25, -0.2) is 0 Å². The van der Waals surface area contributed by atoms with Crippen molar-refractivity contribution < 1.29 is 14.8 Å². The highest BCUT2D eigenvalue weighted by atomic mass is 79.9. The topological polar surface area (TPSA) is 95.3 Å². The molecule has 0 saturated carbocycles. The number of nitrogens with zero attached hydrogens (tertiary/aromatic N) is 1. The second-order valence-electron chi connectivity index (χ2n) is 6.49. The van der Waals surface area contributed by atoms with Gasteiger partial charge in [0.15, 0.2) is 0 Å². The molecule has 0 bridgehead atoms. The van der Waals surface area contributed by atoms with Crippen molar-refractivity contribution in [2.45, 2.75) is 18.4 Å². The van der Waals surface area contributed by atoms with Crippen molar-refractivity contribution in [3.8, 4) is 0 Å². The Hall–Kier alpha value is -2.67. The molecule has 26 heavy (non-hydrogen) atoms. The first-order valence-electron chi connectivity index (χ1n) is 8.18. The monoisotopic (exact) mass is 413 g/mol. The van der Waals surface area contributed by atoms with Gasteiger partial charge in [-0.1, -0.05) is 40.2 Å². The summed E-state index contributed by atoms with van der Waals surface area (Å²) in [6, 6.07) is 10.2. The van der Waals surface area contributed by atoms with Crippen LogP contribution in [0.15, 0.2) is 53.0 Å². The number of nitro groups is 1. The molecule has 6 nitrogen and oxygen atoms in total. The van der Waals surface area contributed by atoms with Crippen molar-refractivity contribution in [3.63, 3.8) is 0 Å². The first-order chi connectivity index (χ1) is 12.5. The smallest absolute Gasteiger partial charge is 0.275 e. The Labute approximate surface area is 157 Å². The molecule has 1 N–H and O–H groups in total. The fourth-order valence-electron chi connectivity index (χ4n) is 4.02. The molecule has 0 spiro atoms. The van der Waals surface area contributed by atoms with Crippen molar-refractivity contribution in [3.05, 3.63) is 79.8 Å². The van der Waals surface area contributed by atoms with E-state index in [1.165, 1.54) is 12.1 Å². The van der Waals surface area contributed by atoms with Gasteiger partial charge in [-0.2, -0.15) is 0 Å². The van der Waals surface area contributed by atoms with Crippen LogP contribution in [0.4, 0.5) is 11.4 Å². The van der Waals surface area contributed by atoms with E-state index < -0.39 is 10.9 Å². The molecule has 2 aromatic rings. The molecule has 0 aromatic heterocycles. The molecule has 0 radical (unpaired) electrons. The quantitative estimate of drug-likeness (QED) is 0.471. The molecule has 1 heterocycles. The van der Waals surface area contributed by atoms with E-state index in [9.17, 15) is 20.0 Å². The number of carbonyl (C=O) groups excluding carboxylic acids is 1. The average molecular weight is 414 g/mol. The summed E-state index contributed by atoms with van der Waals surface area (Å²) in [5.74, 6) is -1.47. The van der Waals surface area contributed by atoms with Crippen molar-refractivity contribution in [1.82, 2.24) is 0 Å². The summed E-state index contributed by atoms with van der Waals surface area (Å²) in [5, 5.41) is 26.4. The average Bonchev–Trinajstić information content (AvgIpc) is 3.10. The van der Waals surface area contributed by atoms with E-state index in [1.54, 1.807) is 0 Å². The maximum atomic E-state index is 11.6. The Balaban J connectivity index is 1.91. The third kappa shape index (κ3) is 2.59. The maximum absolute atomic E-state index is 11.6. The van der Waals surface area contributed by atoms with E-state index in [1.807, 2.05) is 36.4 Å². The molecule has 2 aromatic carbocycles. The van der Waals surface area contributed by atoms with E-state index in [2.05, 4.69) is 21.2 Å². The number of carbonyl (C=O) groups is 1. The van der Waals surface area contributed by atoms with Gasteiger partial charge in [-0.3, -0.25) is 10.1 Å². The number of aromatic carboxylic acids is 1. The largest absolute Gasteiger partial charge is 0.545 e. The van der Waals surface area contributed by atoms with Gasteiger partial charge in [-0.05, 0) is 36.1 Å². The second kappa shape index (κ2) is 6.25. The maximum Gasteiger partial charge on any atom is 0.275 e. The number of hydrogen-bond donors (Lipinski definition) is 1. The first kappa shape index (κ1) is 16.8. The summed E-state index contributed by atoms with van der Waals surface area (Å²) in [6.07, 6.45) is 4.72. The van der Waals surface area contributed by atoms with Gasteiger partial charge < -0.3 is 15.2 Å². The molecule has 2 aliphatic rings. The van der Waals surface area contributed by atoms with Gasteiger partial charge >= 0.3 is 0 Å². The van der Waals surface area contributed by atoms with Gasteiger partial charge in [0, 0.05) is 22.0 Å². The van der Waals surface area contributed by atoms with Gasteiger partial charge in [0.2, 0.25) is 0 Å². The zero-order valence-electron chi connectivity index (χ0n) is 13.5. The van der Waals surface area contributed by atoms with Crippen LogP contribution in [0.3, 0.4) is 0 Å². The Morgan fingerprint density at radius 2 is 1.92 bits per heavy atom. The minimum atomic E-state index is -1.35. The zero-order valence-corrected chi connectivity index (χ0v) is 15.1. The van der Waals surface area contributed by atoms with Crippen LogP contribution in [0.2, 0.25) is 0 Å². The van der Waals surface area contributed by atoms with Gasteiger partial charge in [0.1, 0.15) is 0 Å². The number of halogens is 1. The third-order valence-electron chi connectivity index (χ3n) is 5.14. The highest BCUT2D eigenvalue weighted by Gasteiger charge is 2.42. The molecule has 0 fully saturated rings. The second-order valence-corrected chi connectivity index (χ2v) is 7.41. The summed E-state index contributed by atoms with van der Waals surface area (Å²) < 4.78 is 0.949. The van der Waals surface area contributed by atoms with Crippen LogP contribution in [0.1, 0.15) is 39.9 Å². The summed E-state index contributed by atoms with van der Waals surface area (Å²) >= 11 is 3.41. The predicted octanol–water partition coefficient (Wildman–Crippen LogP) is 3.55. The van der Waals surface area contributed by atoms with Gasteiger partial charge in [0.05, 0.1) is 28.2 Å². The molecule has 0 unspecified atom stereocenters. The number of anilines is 1.